The van der Waals surface area contributed by atoms with Gasteiger partial charge in [0.25, 0.3) is 0 Å². The molecule has 10 heteroatoms. The molecule has 1 N–H and O–H groups in total. The third kappa shape index (κ3) is 5.08. The molecule has 24 heavy (non-hydrogen) atoms. The van der Waals surface area contributed by atoms with Gasteiger partial charge in [-0.15, -0.1) is 16.8 Å². The van der Waals surface area contributed by atoms with E-state index in [0.29, 0.717) is 17.5 Å². The van der Waals surface area contributed by atoms with Gasteiger partial charge in [-0.2, -0.15) is 13.2 Å². The van der Waals surface area contributed by atoms with Crippen LogP contribution in [0, 0.1) is 0 Å². The van der Waals surface area contributed by atoms with Crippen molar-refractivity contribution >= 4 is 17.7 Å². The largest absolute Gasteiger partial charge is 0.405 e. The van der Waals surface area contributed by atoms with Crippen molar-refractivity contribution in [2.24, 2.45) is 0 Å². The van der Waals surface area contributed by atoms with Gasteiger partial charge in [-0.1, -0.05) is 17.8 Å². The Kier molecular flexibility index (Phi) is 5.96. The van der Waals surface area contributed by atoms with Gasteiger partial charge in [-0.3, -0.25) is 14.3 Å². The van der Waals surface area contributed by atoms with E-state index < -0.39 is 18.6 Å². The Morgan fingerprint density at radius 2 is 2.04 bits per heavy atom. The summed E-state index contributed by atoms with van der Waals surface area (Å²) in [6.45, 7) is 2.71. The van der Waals surface area contributed by atoms with E-state index in [1.165, 1.54) is 0 Å². The summed E-state index contributed by atoms with van der Waals surface area (Å²) in [5.74, 6) is -0.353. The molecule has 0 atom stereocenters. The van der Waals surface area contributed by atoms with Gasteiger partial charge in [0.1, 0.15) is 6.54 Å². The summed E-state index contributed by atoms with van der Waals surface area (Å²) < 4.78 is 37.9. The monoisotopic (exact) mass is 357 g/mol. The number of hydrogen-bond acceptors (Lipinski definition) is 5. The Hall–Kier alpha value is -2.36. The number of aromatic nitrogens is 4. The molecule has 0 fully saturated rings. The molecule has 0 aromatic carbocycles. The van der Waals surface area contributed by atoms with Crippen LogP contribution < -0.4 is 5.32 Å². The van der Waals surface area contributed by atoms with E-state index in [1.54, 1.807) is 35.2 Å². The minimum Gasteiger partial charge on any atom is -0.346 e. The number of hydrogen-bond donors (Lipinski definition) is 1. The lowest BCUT2D eigenvalue weighted by Crippen LogP contribution is -2.34. The summed E-state index contributed by atoms with van der Waals surface area (Å²) in [6.07, 6.45) is 0.429. The van der Waals surface area contributed by atoms with E-state index in [0.717, 1.165) is 17.3 Å². The standard InChI is InChI=1S/C14H14F3N5OS/c1-2-7-22-12(10-3-5-18-6-4-10)20-21-13(22)24-8-11(23)19-9-14(15,16)17/h2-6H,1,7-9H2,(H,19,23). The minimum absolute atomic E-state index is 0.193. The van der Waals surface area contributed by atoms with E-state index in [1.807, 2.05) is 5.32 Å². The first-order valence-electron chi connectivity index (χ1n) is 6.81. The average molecular weight is 357 g/mol. The predicted octanol–water partition coefficient (Wildman–Crippen LogP) is 2.30. The highest BCUT2D eigenvalue weighted by atomic mass is 32.2. The second-order valence-electron chi connectivity index (χ2n) is 4.62. The Balaban J connectivity index is 2.07. The number of alkyl halides is 3. The van der Waals surface area contributed by atoms with Crippen molar-refractivity contribution in [3.63, 3.8) is 0 Å². The van der Waals surface area contributed by atoms with Crippen molar-refractivity contribution in [3.05, 3.63) is 37.2 Å². The first-order valence-corrected chi connectivity index (χ1v) is 7.80. The predicted molar refractivity (Wildman–Crippen MR) is 83.2 cm³/mol. The van der Waals surface area contributed by atoms with Crippen molar-refractivity contribution in [1.29, 1.82) is 0 Å². The summed E-state index contributed by atoms with van der Waals surface area (Å²) in [5, 5.41) is 10.3. The molecule has 1 amide bonds. The van der Waals surface area contributed by atoms with Crippen LogP contribution in [0.3, 0.4) is 0 Å². The minimum atomic E-state index is -4.43. The fourth-order valence-corrected chi connectivity index (χ4v) is 2.56. The summed E-state index contributed by atoms with van der Waals surface area (Å²) in [6, 6.07) is 3.52. The van der Waals surface area contributed by atoms with Gasteiger partial charge >= 0.3 is 6.18 Å². The molecule has 0 radical (unpaired) electrons. The number of pyridine rings is 1. The van der Waals surface area contributed by atoms with Crippen LogP contribution in [0.5, 0.6) is 0 Å². The smallest absolute Gasteiger partial charge is 0.346 e. The zero-order valence-corrected chi connectivity index (χ0v) is 13.3. The van der Waals surface area contributed by atoms with Crippen molar-refractivity contribution in [1.82, 2.24) is 25.1 Å². The molecule has 2 heterocycles. The third-order valence-corrected chi connectivity index (χ3v) is 3.75. The number of carbonyl (C=O) groups is 1. The first kappa shape index (κ1) is 18.0. The number of nitrogens with zero attached hydrogens (tertiary/aromatic N) is 4. The molecule has 0 aliphatic carbocycles. The third-order valence-electron chi connectivity index (χ3n) is 2.79. The number of amides is 1. The molecule has 0 bridgehead atoms. The second-order valence-corrected chi connectivity index (χ2v) is 5.56. The quantitative estimate of drug-likeness (QED) is 0.608. The Labute approximate surface area is 140 Å². The van der Waals surface area contributed by atoms with Crippen molar-refractivity contribution in [2.45, 2.75) is 17.9 Å². The molecule has 2 aromatic rings. The second kappa shape index (κ2) is 7.95. The highest BCUT2D eigenvalue weighted by Gasteiger charge is 2.27. The van der Waals surface area contributed by atoms with Crippen LogP contribution in [-0.2, 0) is 11.3 Å². The average Bonchev–Trinajstić information content (AvgIpc) is 2.94. The van der Waals surface area contributed by atoms with E-state index >= 15 is 0 Å². The number of nitrogens with one attached hydrogen (secondary N) is 1. The number of allylic oxidation sites excluding steroid dienone is 1. The first-order chi connectivity index (χ1) is 11.4. The van der Waals surface area contributed by atoms with Crippen LogP contribution in [0.2, 0.25) is 0 Å². The molecule has 0 aliphatic heterocycles. The summed E-state index contributed by atoms with van der Waals surface area (Å²) in [7, 11) is 0. The molecular weight excluding hydrogens is 343 g/mol. The topological polar surface area (TPSA) is 72.7 Å². The van der Waals surface area contributed by atoms with Gasteiger partial charge in [-0.05, 0) is 12.1 Å². The lowest BCUT2D eigenvalue weighted by atomic mass is 10.2. The molecule has 2 rings (SSSR count). The van der Waals surface area contributed by atoms with Crippen molar-refractivity contribution in [2.75, 3.05) is 12.3 Å². The lowest BCUT2D eigenvalue weighted by molar-refractivity contribution is -0.136. The maximum absolute atomic E-state index is 12.1. The van der Waals surface area contributed by atoms with Crippen molar-refractivity contribution in [3.8, 4) is 11.4 Å². The zero-order valence-electron chi connectivity index (χ0n) is 12.5. The zero-order chi connectivity index (χ0) is 17.6. The fourth-order valence-electron chi connectivity index (χ4n) is 1.78. The number of rotatable bonds is 7. The van der Waals surface area contributed by atoms with Gasteiger partial charge in [0.05, 0.1) is 5.75 Å². The van der Waals surface area contributed by atoms with E-state index in [-0.39, 0.29) is 5.75 Å². The summed E-state index contributed by atoms with van der Waals surface area (Å²) in [5.41, 5.74) is 0.785. The van der Waals surface area contributed by atoms with Crippen LogP contribution in [0.25, 0.3) is 11.4 Å². The lowest BCUT2D eigenvalue weighted by Gasteiger charge is -2.09. The van der Waals surface area contributed by atoms with E-state index in [2.05, 4.69) is 21.8 Å². The fraction of sp³-hybridized carbons (Fsp3) is 0.286. The van der Waals surface area contributed by atoms with Crippen LogP contribution >= 0.6 is 11.8 Å². The normalized spacial score (nSPS) is 11.3. The van der Waals surface area contributed by atoms with E-state index in [4.69, 9.17) is 0 Å². The van der Waals surface area contributed by atoms with Gasteiger partial charge in [0.2, 0.25) is 5.91 Å². The molecule has 6 nitrogen and oxygen atoms in total. The maximum atomic E-state index is 12.1. The van der Waals surface area contributed by atoms with Crippen molar-refractivity contribution < 1.29 is 18.0 Å². The summed E-state index contributed by atoms with van der Waals surface area (Å²) >= 11 is 1.01. The molecule has 0 saturated heterocycles. The number of carbonyl (C=O) groups excluding carboxylic acids is 1. The van der Waals surface area contributed by atoms with Crippen LogP contribution in [0.4, 0.5) is 13.2 Å². The van der Waals surface area contributed by atoms with Crippen LogP contribution in [0.1, 0.15) is 0 Å². The molecule has 0 saturated carbocycles. The van der Waals surface area contributed by atoms with Gasteiger partial charge < -0.3 is 5.32 Å². The molecule has 2 aromatic heterocycles. The van der Waals surface area contributed by atoms with Gasteiger partial charge in [-0.25, -0.2) is 0 Å². The highest BCUT2D eigenvalue weighted by molar-refractivity contribution is 7.99. The Bertz CT molecular complexity index is 702. The SMILES string of the molecule is C=CCn1c(SCC(=O)NCC(F)(F)F)nnc1-c1ccncc1. The van der Waals surface area contributed by atoms with Gasteiger partial charge in [0.15, 0.2) is 11.0 Å². The van der Waals surface area contributed by atoms with E-state index in [9.17, 15) is 18.0 Å². The molecular formula is C14H14F3N5OS. The molecule has 0 unspecified atom stereocenters. The Morgan fingerprint density at radius 3 is 2.67 bits per heavy atom. The highest BCUT2D eigenvalue weighted by Crippen LogP contribution is 2.23. The maximum Gasteiger partial charge on any atom is 0.405 e. The number of halogens is 3. The Morgan fingerprint density at radius 1 is 1.33 bits per heavy atom. The van der Waals surface area contributed by atoms with Gasteiger partial charge in [0, 0.05) is 24.5 Å². The van der Waals surface area contributed by atoms with Crippen LogP contribution in [-0.4, -0.2) is 44.1 Å². The summed E-state index contributed by atoms with van der Waals surface area (Å²) in [4.78, 5) is 15.4. The molecule has 0 spiro atoms. The van der Waals surface area contributed by atoms with Crippen LogP contribution in [0.15, 0.2) is 42.3 Å². The molecule has 128 valence electrons. The number of thioether (sulfide) groups is 1. The molecule has 0 aliphatic rings.